The Bertz CT molecular complexity index is 265. The van der Waals surface area contributed by atoms with Gasteiger partial charge in [-0.15, -0.1) is 0 Å². The van der Waals surface area contributed by atoms with Crippen LogP contribution in [0.4, 0.5) is 0 Å². The molecule has 0 aliphatic heterocycles. The van der Waals surface area contributed by atoms with E-state index in [-0.39, 0.29) is 49.6 Å². The summed E-state index contributed by atoms with van der Waals surface area (Å²) in [5.74, 6) is -3.11. The number of carboxylic acid groups (broad SMARTS) is 2. The Hall–Kier alpha value is 0.200. The number of carbonyl (C=O) groups is 2. The molecule has 1 aliphatic rings. The first-order chi connectivity index (χ1) is 6.95. The summed E-state index contributed by atoms with van der Waals surface area (Å²) in [4.78, 5) is 22.1. The van der Waals surface area contributed by atoms with Crippen LogP contribution in [0.3, 0.4) is 0 Å². The molecule has 3 atom stereocenters. The Morgan fingerprint density at radius 2 is 1.69 bits per heavy atom. The van der Waals surface area contributed by atoms with E-state index in [2.05, 4.69) is 0 Å². The summed E-state index contributed by atoms with van der Waals surface area (Å²) in [7, 11) is 0. The fourth-order valence-electron chi connectivity index (χ4n) is 2.61. The van der Waals surface area contributed by atoms with E-state index in [1.807, 2.05) is 13.8 Å². The molecule has 2 N–H and O–H groups in total. The van der Waals surface area contributed by atoms with E-state index in [0.717, 1.165) is 12.8 Å². The number of hydrogen-bond acceptors (Lipinski definition) is 2. The second-order valence-corrected chi connectivity index (χ2v) is 4.65. The van der Waals surface area contributed by atoms with E-state index in [0.29, 0.717) is 6.42 Å². The zero-order chi connectivity index (χ0) is 11.6. The molecular weight excluding hydrogens is 236 g/mol. The molecule has 1 fully saturated rings. The second-order valence-electron chi connectivity index (χ2n) is 4.65. The minimum atomic E-state index is -0.965. The zero-order valence-corrected chi connectivity index (χ0v) is 9.14. The van der Waals surface area contributed by atoms with Crippen molar-refractivity contribution in [1.82, 2.24) is 0 Å². The first-order valence-electron chi connectivity index (χ1n) is 5.40. The van der Waals surface area contributed by atoms with Crippen LogP contribution in [0.2, 0.25) is 0 Å². The van der Waals surface area contributed by atoms with Crippen molar-refractivity contribution in [1.29, 1.82) is 0 Å². The predicted octanol–water partition coefficient (Wildman–Crippen LogP) is 0.928. The van der Waals surface area contributed by atoms with Gasteiger partial charge in [-0.1, -0.05) is 20.3 Å². The van der Waals surface area contributed by atoms with Gasteiger partial charge in [0.1, 0.15) is 0 Å². The predicted molar refractivity (Wildman–Crippen MR) is 63.0 cm³/mol. The average Bonchev–Trinajstić information content (AvgIpc) is 2.16. The van der Waals surface area contributed by atoms with Crippen molar-refractivity contribution in [2.75, 3.05) is 0 Å². The van der Waals surface area contributed by atoms with Crippen LogP contribution in [0.15, 0.2) is 0 Å². The van der Waals surface area contributed by atoms with Crippen molar-refractivity contribution in [2.24, 2.45) is 23.7 Å². The van der Waals surface area contributed by atoms with Gasteiger partial charge in [0, 0.05) is 0 Å². The van der Waals surface area contributed by atoms with Crippen molar-refractivity contribution >= 4 is 49.7 Å². The SMILES string of the molecule is CC(C)C1CCCC(C(=O)O)C1C(=O)O.[CaH2]. The van der Waals surface area contributed by atoms with Gasteiger partial charge in [-0.25, -0.2) is 0 Å². The Labute approximate surface area is 125 Å². The number of aliphatic carboxylic acids is 2. The number of rotatable bonds is 3. The van der Waals surface area contributed by atoms with Gasteiger partial charge in [-0.05, 0) is 24.7 Å². The van der Waals surface area contributed by atoms with Gasteiger partial charge in [0.05, 0.1) is 11.8 Å². The van der Waals surface area contributed by atoms with Crippen molar-refractivity contribution in [2.45, 2.75) is 33.1 Å². The molecule has 4 nitrogen and oxygen atoms in total. The maximum atomic E-state index is 11.1. The van der Waals surface area contributed by atoms with Crippen LogP contribution in [0.5, 0.6) is 0 Å². The van der Waals surface area contributed by atoms with Crippen LogP contribution in [0.1, 0.15) is 33.1 Å². The van der Waals surface area contributed by atoms with Crippen molar-refractivity contribution in [3.8, 4) is 0 Å². The molecule has 0 spiro atoms. The summed E-state index contributed by atoms with van der Waals surface area (Å²) in [5, 5.41) is 18.1. The monoisotopic (exact) mass is 256 g/mol. The average molecular weight is 256 g/mol. The van der Waals surface area contributed by atoms with Gasteiger partial charge >= 0.3 is 49.7 Å². The van der Waals surface area contributed by atoms with Crippen LogP contribution in [-0.2, 0) is 9.59 Å². The van der Waals surface area contributed by atoms with Crippen LogP contribution < -0.4 is 0 Å². The fraction of sp³-hybridized carbons (Fsp3) is 0.818. The van der Waals surface area contributed by atoms with Crippen LogP contribution in [0.25, 0.3) is 0 Å². The molecule has 5 heteroatoms. The summed E-state index contributed by atoms with van der Waals surface area (Å²) in [6, 6.07) is 0. The summed E-state index contributed by atoms with van der Waals surface area (Å²) >= 11 is 0. The van der Waals surface area contributed by atoms with E-state index in [1.54, 1.807) is 0 Å². The maximum absolute atomic E-state index is 11.1. The molecular formula is C11H20CaO4. The molecule has 16 heavy (non-hydrogen) atoms. The Morgan fingerprint density at radius 1 is 1.12 bits per heavy atom. The van der Waals surface area contributed by atoms with Crippen LogP contribution in [0, 0.1) is 23.7 Å². The quantitative estimate of drug-likeness (QED) is 0.737. The standard InChI is InChI=1S/C11H18O4.Ca.2H/c1-6(2)7-4-3-5-8(10(12)13)9(7)11(14)15;;;/h6-9H,3-5H2,1-2H3,(H,12,13)(H,14,15);;;. The van der Waals surface area contributed by atoms with Crippen molar-refractivity contribution in [3.63, 3.8) is 0 Å². The van der Waals surface area contributed by atoms with Gasteiger partial charge in [-0.3, -0.25) is 9.59 Å². The molecule has 3 unspecified atom stereocenters. The van der Waals surface area contributed by atoms with E-state index >= 15 is 0 Å². The van der Waals surface area contributed by atoms with Crippen LogP contribution in [-0.4, -0.2) is 59.9 Å². The molecule has 1 rings (SSSR count). The summed E-state index contributed by atoms with van der Waals surface area (Å²) in [6.07, 6.45) is 2.15. The van der Waals surface area contributed by atoms with Crippen molar-refractivity contribution < 1.29 is 19.8 Å². The zero-order valence-electron chi connectivity index (χ0n) is 9.14. The third-order valence-corrected chi connectivity index (χ3v) is 3.41. The third kappa shape index (κ3) is 3.60. The van der Waals surface area contributed by atoms with E-state index in [9.17, 15) is 9.59 Å². The number of carboxylic acids is 2. The molecule has 1 saturated carbocycles. The van der Waals surface area contributed by atoms with E-state index < -0.39 is 23.8 Å². The molecule has 0 amide bonds. The van der Waals surface area contributed by atoms with Gasteiger partial charge in [0.2, 0.25) is 0 Å². The molecule has 0 radical (unpaired) electrons. The Morgan fingerprint density at radius 3 is 2.06 bits per heavy atom. The van der Waals surface area contributed by atoms with Gasteiger partial charge < -0.3 is 10.2 Å². The van der Waals surface area contributed by atoms with Gasteiger partial charge in [-0.2, -0.15) is 0 Å². The van der Waals surface area contributed by atoms with Gasteiger partial charge in [0.15, 0.2) is 0 Å². The third-order valence-electron chi connectivity index (χ3n) is 3.41. The fourth-order valence-corrected chi connectivity index (χ4v) is 2.61. The summed E-state index contributed by atoms with van der Waals surface area (Å²) in [5.41, 5.74) is 0. The molecule has 0 bridgehead atoms. The molecule has 0 saturated heterocycles. The second kappa shape index (κ2) is 6.82. The minimum absolute atomic E-state index is 0. The molecule has 90 valence electrons. The Kier molecular flexibility index (Phi) is 6.90. The topological polar surface area (TPSA) is 74.6 Å². The van der Waals surface area contributed by atoms with Gasteiger partial charge in [0.25, 0.3) is 0 Å². The molecule has 1 aliphatic carbocycles. The summed E-state index contributed by atoms with van der Waals surface area (Å²) < 4.78 is 0. The first kappa shape index (κ1) is 16.2. The number of hydrogen-bond donors (Lipinski definition) is 2. The molecule has 0 aromatic rings. The Balaban J connectivity index is 0.00000225. The molecule has 0 aromatic carbocycles. The van der Waals surface area contributed by atoms with Crippen molar-refractivity contribution in [3.05, 3.63) is 0 Å². The normalized spacial score (nSPS) is 29.6. The summed E-state index contributed by atoms with van der Waals surface area (Å²) in [6.45, 7) is 3.93. The van der Waals surface area contributed by atoms with E-state index in [4.69, 9.17) is 10.2 Å². The molecule has 0 aromatic heterocycles. The first-order valence-corrected chi connectivity index (χ1v) is 5.40. The van der Waals surface area contributed by atoms with E-state index in [1.165, 1.54) is 0 Å². The van der Waals surface area contributed by atoms with Crippen LogP contribution >= 0.6 is 0 Å². The molecule has 0 heterocycles.